The molecule has 0 spiro atoms. The van der Waals surface area contributed by atoms with Crippen molar-refractivity contribution in [3.63, 3.8) is 0 Å². The van der Waals surface area contributed by atoms with E-state index in [4.69, 9.17) is 28.9 Å². The van der Waals surface area contributed by atoms with Gasteiger partial charge in [0.25, 0.3) is 0 Å². The van der Waals surface area contributed by atoms with Crippen LogP contribution in [0.3, 0.4) is 0 Å². The Bertz CT molecular complexity index is 490. The second-order valence-electron chi connectivity index (χ2n) is 3.39. The van der Waals surface area contributed by atoms with Crippen molar-refractivity contribution in [3.05, 3.63) is 33.3 Å². The van der Waals surface area contributed by atoms with Gasteiger partial charge in [-0.1, -0.05) is 34.5 Å². The predicted octanol–water partition coefficient (Wildman–Crippen LogP) is 3.53. The molecular formula is C10H9Cl2N3S. The number of benzene rings is 1. The third-order valence-corrected chi connectivity index (χ3v) is 3.55. The standard InChI is InChI=1S/C10H9Cl2N3S/c1-5(13)9-14-15-10(16-9)6-2-7(11)4-8(12)3-6/h2-5H,13H2,1H3. The first-order valence-corrected chi connectivity index (χ1v) is 6.19. The van der Waals surface area contributed by atoms with E-state index in [-0.39, 0.29) is 6.04 Å². The van der Waals surface area contributed by atoms with Gasteiger partial charge in [0, 0.05) is 15.6 Å². The van der Waals surface area contributed by atoms with Gasteiger partial charge in [-0.3, -0.25) is 0 Å². The Balaban J connectivity index is 2.42. The van der Waals surface area contributed by atoms with Crippen LogP contribution in [0.2, 0.25) is 10.0 Å². The Kier molecular flexibility index (Phi) is 3.44. The van der Waals surface area contributed by atoms with Gasteiger partial charge in [-0.25, -0.2) is 0 Å². The lowest BCUT2D eigenvalue weighted by Gasteiger charge is -1.98. The maximum Gasteiger partial charge on any atom is 0.147 e. The van der Waals surface area contributed by atoms with Gasteiger partial charge >= 0.3 is 0 Å². The largest absolute Gasteiger partial charge is 0.322 e. The van der Waals surface area contributed by atoms with Crippen molar-refractivity contribution in [2.45, 2.75) is 13.0 Å². The smallest absolute Gasteiger partial charge is 0.147 e. The normalized spacial score (nSPS) is 12.8. The minimum Gasteiger partial charge on any atom is -0.322 e. The summed E-state index contributed by atoms with van der Waals surface area (Å²) in [4.78, 5) is 0. The van der Waals surface area contributed by atoms with Crippen molar-refractivity contribution in [2.24, 2.45) is 5.73 Å². The quantitative estimate of drug-likeness (QED) is 0.911. The van der Waals surface area contributed by atoms with E-state index < -0.39 is 0 Å². The zero-order valence-corrected chi connectivity index (χ0v) is 10.8. The van der Waals surface area contributed by atoms with Gasteiger partial charge in [-0.05, 0) is 25.1 Å². The fourth-order valence-corrected chi connectivity index (χ4v) is 2.52. The van der Waals surface area contributed by atoms with E-state index in [1.807, 2.05) is 6.92 Å². The molecular weight excluding hydrogens is 265 g/mol. The molecule has 0 amide bonds. The molecule has 2 rings (SSSR count). The molecule has 16 heavy (non-hydrogen) atoms. The average molecular weight is 274 g/mol. The van der Waals surface area contributed by atoms with E-state index >= 15 is 0 Å². The van der Waals surface area contributed by atoms with Gasteiger partial charge < -0.3 is 5.73 Å². The number of rotatable bonds is 2. The third-order valence-electron chi connectivity index (χ3n) is 1.94. The molecule has 2 N–H and O–H groups in total. The molecule has 0 aliphatic rings. The van der Waals surface area contributed by atoms with Crippen molar-refractivity contribution in [2.75, 3.05) is 0 Å². The molecule has 0 radical (unpaired) electrons. The highest BCUT2D eigenvalue weighted by Crippen LogP contribution is 2.30. The lowest BCUT2D eigenvalue weighted by atomic mass is 10.2. The van der Waals surface area contributed by atoms with Gasteiger partial charge in [0.2, 0.25) is 0 Å². The van der Waals surface area contributed by atoms with Crippen molar-refractivity contribution in [1.82, 2.24) is 10.2 Å². The number of hydrogen-bond acceptors (Lipinski definition) is 4. The number of hydrogen-bond donors (Lipinski definition) is 1. The third kappa shape index (κ3) is 2.52. The summed E-state index contributed by atoms with van der Waals surface area (Å²) in [6.45, 7) is 1.87. The molecule has 3 nitrogen and oxygen atoms in total. The Morgan fingerprint density at radius 1 is 1.19 bits per heavy atom. The van der Waals surface area contributed by atoms with Crippen LogP contribution in [0.15, 0.2) is 18.2 Å². The van der Waals surface area contributed by atoms with Crippen molar-refractivity contribution < 1.29 is 0 Å². The molecule has 1 atom stereocenters. The molecule has 0 saturated carbocycles. The highest BCUT2D eigenvalue weighted by atomic mass is 35.5. The summed E-state index contributed by atoms with van der Waals surface area (Å²) in [7, 11) is 0. The van der Waals surface area contributed by atoms with E-state index in [0.717, 1.165) is 15.6 Å². The SMILES string of the molecule is CC(N)c1nnc(-c2cc(Cl)cc(Cl)c2)s1. The van der Waals surface area contributed by atoms with Crippen molar-refractivity contribution >= 4 is 34.5 Å². The van der Waals surface area contributed by atoms with Gasteiger partial charge in [0.05, 0.1) is 6.04 Å². The van der Waals surface area contributed by atoms with Crippen molar-refractivity contribution in [1.29, 1.82) is 0 Å². The number of nitrogens with zero attached hydrogens (tertiary/aromatic N) is 2. The lowest BCUT2D eigenvalue weighted by Crippen LogP contribution is -2.03. The first kappa shape index (κ1) is 11.8. The Morgan fingerprint density at radius 3 is 2.31 bits per heavy atom. The zero-order chi connectivity index (χ0) is 11.7. The first-order chi connectivity index (χ1) is 7.56. The Hall–Kier alpha value is -0.680. The van der Waals surface area contributed by atoms with Gasteiger partial charge in [0.15, 0.2) is 0 Å². The maximum atomic E-state index is 5.92. The van der Waals surface area contributed by atoms with Gasteiger partial charge in [-0.2, -0.15) is 0 Å². The molecule has 1 heterocycles. The lowest BCUT2D eigenvalue weighted by molar-refractivity contribution is 0.786. The van der Waals surface area contributed by atoms with Gasteiger partial charge in [-0.15, -0.1) is 10.2 Å². The summed E-state index contributed by atoms with van der Waals surface area (Å²) >= 11 is 13.3. The van der Waals surface area contributed by atoms with Crippen LogP contribution in [0.4, 0.5) is 0 Å². The summed E-state index contributed by atoms with van der Waals surface area (Å²) in [5, 5.41) is 10.8. The molecule has 6 heteroatoms. The highest BCUT2D eigenvalue weighted by Gasteiger charge is 2.10. The van der Waals surface area contributed by atoms with Crippen LogP contribution in [-0.2, 0) is 0 Å². The van der Waals surface area contributed by atoms with Crippen LogP contribution in [-0.4, -0.2) is 10.2 Å². The van der Waals surface area contributed by atoms with Crippen LogP contribution in [0.5, 0.6) is 0 Å². The molecule has 0 fully saturated rings. The summed E-state index contributed by atoms with van der Waals surface area (Å²) in [5.41, 5.74) is 6.58. The van der Waals surface area contributed by atoms with Crippen LogP contribution in [0, 0.1) is 0 Å². The van der Waals surface area contributed by atoms with E-state index in [2.05, 4.69) is 10.2 Å². The molecule has 2 aromatic rings. The average Bonchev–Trinajstić information content (AvgIpc) is 2.64. The number of nitrogens with two attached hydrogens (primary N) is 1. The second-order valence-corrected chi connectivity index (χ2v) is 5.27. The Morgan fingerprint density at radius 2 is 1.81 bits per heavy atom. The highest BCUT2D eigenvalue weighted by molar-refractivity contribution is 7.14. The zero-order valence-electron chi connectivity index (χ0n) is 8.45. The molecule has 1 aromatic carbocycles. The molecule has 0 saturated heterocycles. The van der Waals surface area contributed by atoms with Crippen LogP contribution >= 0.6 is 34.5 Å². The fourth-order valence-electron chi connectivity index (χ4n) is 1.21. The fraction of sp³-hybridized carbons (Fsp3) is 0.200. The topological polar surface area (TPSA) is 51.8 Å². The Labute approximate surface area is 107 Å². The molecule has 0 aliphatic carbocycles. The van der Waals surface area contributed by atoms with E-state index in [1.54, 1.807) is 18.2 Å². The van der Waals surface area contributed by atoms with E-state index in [0.29, 0.717) is 10.0 Å². The predicted molar refractivity (Wildman–Crippen MR) is 68.0 cm³/mol. The summed E-state index contributed by atoms with van der Waals surface area (Å²) in [6, 6.07) is 5.18. The van der Waals surface area contributed by atoms with Crippen molar-refractivity contribution in [3.8, 4) is 10.6 Å². The van der Waals surface area contributed by atoms with E-state index in [9.17, 15) is 0 Å². The first-order valence-electron chi connectivity index (χ1n) is 4.61. The van der Waals surface area contributed by atoms with E-state index in [1.165, 1.54) is 11.3 Å². The summed E-state index contributed by atoms with van der Waals surface area (Å²) in [5.74, 6) is 0. The summed E-state index contributed by atoms with van der Waals surface area (Å²) < 4.78 is 0. The second kappa shape index (κ2) is 4.67. The number of aromatic nitrogens is 2. The monoisotopic (exact) mass is 273 g/mol. The van der Waals surface area contributed by atoms with Crippen LogP contribution in [0.25, 0.3) is 10.6 Å². The molecule has 1 unspecified atom stereocenters. The minimum absolute atomic E-state index is 0.110. The minimum atomic E-state index is -0.110. The molecule has 0 aliphatic heterocycles. The summed E-state index contributed by atoms with van der Waals surface area (Å²) in [6.07, 6.45) is 0. The van der Waals surface area contributed by atoms with Crippen LogP contribution in [0.1, 0.15) is 18.0 Å². The molecule has 1 aromatic heterocycles. The van der Waals surface area contributed by atoms with Gasteiger partial charge in [0.1, 0.15) is 10.0 Å². The van der Waals surface area contributed by atoms with Crippen LogP contribution < -0.4 is 5.73 Å². The molecule has 0 bridgehead atoms. The maximum absolute atomic E-state index is 5.92. The number of halogens is 2. The molecule has 84 valence electrons.